The number of methoxy groups -OCH3 is 1. The molecule has 0 saturated carbocycles. The zero-order chi connectivity index (χ0) is 14.8. The van der Waals surface area contributed by atoms with E-state index < -0.39 is 0 Å². The molecule has 106 valence electrons. The van der Waals surface area contributed by atoms with Gasteiger partial charge in [0.15, 0.2) is 0 Å². The van der Waals surface area contributed by atoms with Crippen molar-refractivity contribution in [3.63, 3.8) is 0 Å². The van der Waals surface area contributed by atoms with Gasteiger partial charge in [0.05, 0.1) is 17.2 Å². The van der Waals surface area contributed by atoms with Gasteiger partial charge in [-0.1, -0.05) is 40.5 Å². The Bertz CT molecular complexity index is 787. The zero-order valence-electron chi connectivity index (χ0n) is 11.0. The Kier molecular flexibility index (Phi) is 3.82. The van der Waals surface area contributed by atoms with Gasteiger partial charge in [0.25, 0.3) is 5.89 Å². The Morgan fingerprint density at radius 3 is 2.62 bits per heavy atom. The maximum Gasteiger partial charge on any atom is 0.258 e. The quantitative estimate of drug-likeness (QED) is 0.700. The van der Waals surface area contributed by atoms with Crippen molar-refractivity contribution < 1.29 is 9.26 Å². The summed E-state index contributed by atoms with van der Waals surface area (Å²) in [6.45, 7) is 0. The molecule has 0 aliphatic heterocycles. The first kappa shape index (κ1) is 13.9. The molecule has 0 amide bonds. The summed E-state index contributed by atoms with van der Waals surface area (Å²) in [5, 5.41) is 4.89. The average molecular weight is 321 g/mol. The minimum Gasteiger partial charge on any atom is -0.497 e. The van der Waals surface area contributed by atoms with E-state index in [9.17, 15) is 0 Å². The van der Waals surface area contributed by atoms with E-state index in [1.165, 1.54) is 0 Å². The smallest absolute Gasteiger partial charge is 0.258 e. The van der Waals surface area contributed by atoms with Crippen LogP contribution >= 0.6 is 23.2 Å². The SMILES string of the molecule is COc1cccc(-c2noc(-c3ccc(Cl)c(Cl)c3)n2)c1. The van der Waals surface area contributed by atoms with Crippen LogP contribution in [-0.2, 0) is 0 Å². The van der Waals surface area contributed by atoms with Gasteiger partial charge in [-0.05, 0) is 30.3 Å². The number of rotatable bonds is 3. The molecule has 3 aromatic rings. The van der Waals surface area contributed by atoms with Crippen molar-refractivity contribution in [3.05, 3.63) is 52.5 Å². The van der Waals surface area contributed by atoms with Crippen molar-refractivity contribution >= 4 is 23.2 Å². The molecule has 6 heteroatoms. The number of hydrogen-bond donors (Lipinski definition) is 0. The highest BCUT2D eigenvalue weighted by Crippen LogP contribution is 2.29. The van der Waals surface area contributed by atoms with E-state index in [0.717, 1.165) is 11.3 Å². The van der Waals surface area contributed by atoms with Crippen molar-refractivity contribution in [2.24, 2.45) is 0 Å². The van der Waals surface area contributed by atoms with Crippen LogP contribution in [-0.4, -0.2) is 17.3 Å². The lowest BCUT2D eigenvalue weighted by atomic mass is 10.2. The van der Waals surface area contributed by atoms with Crippen LogP contribution in [0.2, 0.25) is 10.0 Å². The standard InChI is InChI=1S/C15H10Cl2N2O2/c1-20-11-4-2-3-9(7-11)14-18-15(21-19-14)10-5-6-12(16)13(17)8-10/h2-8H,1H3. The molecule has 21 heavy (non-hydrogen) atoms. The number of hydrogen-bond acceptors (Lipinski definition) is 4. The summed E-state index contributed by atoms with van der Waals surface area (Å²) in [7, 11) is 1.61. The van der Waals surface area contributed by atoms with Crippen molar-refractivity contribution in [3.8, 4) is 28.6 Å². The molecular formula is C15H10Cl2N2O2. The van der Waals surface area contributed by atoms with Crippen LogP contribution < -0.4 is 4.74 Å². The Morgan fingerprint density at radius 2 is 1.86 bits per heavy atom. The molecule has 4 nitrogen and oxygen atoms in total. The number of benzene rings is 2. The van der Waals surface area contributed by atoms with E-state index in [0.29, 0.717) is 27.3 Å². The second-order valence-corrected chi connectivity index (χ2v) is 5.10. The minimum absolute atomic E-state index is 0.381. The maximum atomic E-state index is 5.99. The molecule has 0 bridgehead atoms. The highest BCUT2D eigenvalue weighted by molar-refractivity contribution is 6.42. The van der Waals surface area contributed by atoms with Crippen LogP contribution in [0.4, 0.5) is 0 Å². The van der Waals surface area contributed by atoms with Gasteiger partial charge < -0.3 is 9.26 Å². The van der Waals surface area contributed by atoms with E-state index in [4.69, 9.17) is 32.5 Å². The van der Waals surface area contributed by atoms with Gasteiger partial charge in [0.1, 0.15) is 5.75 Å². The lowest BCUT2D eigenvalue weighted by molar-refractivity contribution is 0.414. The van der Waals surface area contributed by atoms with E-state index in [-0.39, 0.29) is 0 Å². The third kappa shape index (κ3) is 2.86. The lowest BCUT2D eigenvalue weighted by Crippen LogP contribution is -1.85. The first-order valence-corrected chi connectivity index (χ1v) is 6.86. The Labute approximate surface area is 131 Å². The molecule has 0 fully saturated rings. The summed E-state index contributed by atoms with van der Waals surface area (Å²) in [6, 6.07) is 12.6. The fraction of sp³-hybridized carbons (Fsp3) is 0.0667. The summed E-state index contributed by atoms with van der Waals surface area (Å²) in [5.74, 6) is 1.59. The molecule has 0 unspecified atom stereocenters. The highest BCUT2D eigenvalue weighted by atomic mass is 35.5. The van der Waals surface area contributed by atoms with Crippen LogP contribution in [0.25, 0.3) is 22.8 Å². The number of nitrogens with zero attached hydrogens (tertiary/aromatic N) is 2. The van der Waals surface area contributed by atoms with E-state index in [2.05, 4.69) is 10.1 Å². The van der Waals surface area contributed by atoms with Crippen molar-refractivity contribution in [2.75, 3.05) is 7.11 Å². The first-order valence-electron chi connectivity index (χ1n) is 6.11. The van der Waals surface area contributed by atoms with Crippen LogP contribution in [0, 0.1) is 0 Å². The van der Waals surface area contributed by atoms with Gasteiger partial charge in [0.2, 0.25) is 5.82 Å². The molecule has 0 spiro atoms. The molecule has 1 heterocycles. The topological polar surface area (TPSA) is 48.2 Å². The average Bonchev–Trinajstić information content (AvgIpc) is 3.00. The molecule has 0 atom stereocenters. The van der Waals surface area contributed by atoms with Gasteiger partial charge in [-0.2, -0.15) is 4.98 Å². The summed E-state index contributed by atoms with van der Waals surface area (Å²) in [4.78, 5) is 4.36. The van der Waals surface area contributed by atoms with Gasteiger partial charge in [-0.3, -0.25) is 0 Å². The highest BCUT2D eigenvalue weighted by Gasteiger charge is 2.12. The Hall–Kier alpha value is -2.04. The third-order valence-electron chi connectivity index (χ3n) is 2.92. The van der Waals surface area contributed by atoms with Crippen LogP contribution in [0.1, 0.15) is 0 Å². The van der Waals surface area contributed by atoms with Crippen molar-refractivity contribution in [2.45, 2.75) is 0 Å². The second-order valence-electron chi connectivity index (χ2n) is 4.28. The third-order valence-corrected chi connectivity index (χ3v) is 3.66. The predicted octanol–water partition coefficient (Wildman–Crippen LogP) is 4.72. The summed E-state index contributed by atoms with van der Waals surface area (Å²) < 4.78 is 10.4. The molecule has 0 saturated heterocycles. The molecule has 0 aliphatic carbocycles. The van der Waals surface area contributed by atoms with Gasteiger partial charge in [-0.15, -0.1) is 0 Å². The van der Waals surface area contributed by atoms with E-state index >= 15 is 0 Å². The first-order chi connectivity index (χ1) is 10.2. The van der Waals surface area contributed by atoms with Crippen molar-refractivity contribution in [1.29, 1.82) is 0 Å². The summed E-state index contributed by atoms with van der Waals surface area (Å²) in [6.07, 6.45) is 0. The number of halogens is 2. The molecule has 0 radical (unpaired) electrons. The van der Waals surface area contributed by atoms with Crippen molar-refractivity contribution in [1.82, 2.24) is 10.1 Å². The molecule has 0 aliphatic rings. The van der Waals surface area contributed by atoms with Gasteiger partial charge in [-0.25, -0.2) is 0 Å². The molecule has 2 aromatic carbocycles. The lowest BCUT2D eigenvalue weighted by Gasteiger charge is -2.00. The molecule has 3 rings (SSSR count). The molecular weight excluding hydrogens is 311 g/mol. The monoisotopic (exact) mass is 320 g/mol. The van der Waals surface area contributed by atoms with Crippen LogP contribution in [0.5, 0.6) is 5.75 Å². The van der Waals surface area contributed by atoms with E-state index in [1.807, 2.05) is 24.3 Å². The zero-order valence-corrected chi connectivity index (χ0v) is 12.5. The fourth-order valence-electron chi connectivity index (χ4n) is 1.85. The Morgan fingerprint density at radius 1 is 1.00 bits per heavy atom. The summed E-state index contributed by atoms with van der Waals surface area (Å²) >= 11 is 11.9. The van der Waals surface area contributed by atoms with Crippen LogP contribution in [0.3, 0.4) is 0 Å². The molecule has 0 N–H and O–H groups in total. The summed E-state index contributed by atoms with van der Waals surface area (Å²) in [5.41, 5.74) is 1.52. The van der Waals surface area contributed by atoms with Crippen LogP contribution in [0.15, 0.2) is 47.0 Å². The van der Waals surface area contributed by atoms with Gasteiger partial charge >= 0.3 is 0 Å². The fourth-order valence-corrected chi connectivity index (χ4v) is 2.15. The Balaban J connectivity index is 1.97. The van der Waals surface area contributed by atoms with E-state index in [1.54, 1.807) is 25.3 Å². The minimum atomic E-state index is 0.381. The van der Waals surface area contributed by atoms with Gasteiger partial charge in [0, 0.05) is 11.1 Å². The number of ether oxygens (including phenoxy) is 1. The molecule has 1 aromatic heterocycles. The largest absolute Gasteiger partial charge is 0.497 e. The number of aromatic nitrogens is 2. The maximum absolute atomic E-state index is 5.99. The predicted molar refractivity (Wildman–Crippen MR) is 81.7 cm³/mol. The normalized spacial score (nSPS) is 10.6. The second kappa shape index (κ2) is 5.76.